The van der Waals surface area contributed by atoms with Crippen LogP contribution in [0.2, 0.25) is 0 Å². The fraction of sp³-hybridized carbons (Fsp3) is 0.520. The lowest BCUT2D eigenvalue weighted by atomic mass is 9.87. The summed E-state index contributed by atoms with van der Waals surface area (Å²) in [6.45, 7) is 14.5. The minimum absolute atomic E-state index is 0.0308. The Bertz CT molecular complexity index is 1040. The third kappa shape index (κ3) is 5.99. The zero-order valence-corrected chi connectivity index (χ0v) is 22.2. The van der Waals surface area contributed by atoms with E-state index >= 15 is 0 Å². The van der Waals surface area contributed by atoms with Crippen LogP contribution in [-0.2, 0) is 15.0 Å². The molecule has 2 aliphatic rings. The molecule has 190 valence electrons. The zero-order valence-electron chi connectivity index (χ0n) is 21.4. The number of benzene rings is 1. The Balaban J connectivity index is 1.60. The van der Waals surface area contributed by atoms with Crippen molar-refractivity contribution < 1.29 is 14.7 Å². The first kappa shape index (κ1) is 26.6. The number of anilines is 1. The highest BCUT2D eigenvalue weighted by molar-refractivity contribution is 7.80. The van der Waals surface area contributed by atoms with E-state index in [-0.39, 0.29) is 11.3 Å². The van der Waals surface area contributed by atoms with Crippen molar-refractivity contribution in [2.24, 2.45) is 5.10 Å². The number of hydrogen-bond donors (Lipinski definition) is 3. The van der Waals surface area contributed by atoms with Crippen molar-refractivity contribution >= 4 is 40.6 Å². The molecule has 1 aromatic carbocycles. The SMILES string of the molecule is CCC(C(=O)O)N1CCN(C(=S)NN/C(C)=C2\C(=O)N(c3ccc(C(C)(C)C)cc3)N=C2C)CC1. The Morgan fingerprint density at radius 1 is 1.14 bits per heavy atom. The quantitative estimate of drug-likeness (QED) is 0.312. The summed E-state index contributed by atoms with van der Waals surface area (Å²) in [6.07, 6.45) is 0.568. The summed E-state index contributed by atoms with van der Waals surface area (Å²) >= 11 is 5.52. The number of carboxylic acids is 1. The van der Waals surface area contributed by atoms with Crippen LogP contribution < -0.4 is 15.9 Å². The number of carbonyl (C=O) groups excluding carboxylic acids is 1. The number of hydrazone groups is 1. The fourth-order valence-corrected chi connectivity index (χ4v) is 4.56. The third-order valence-corrected chi connectivity index (χ3v) is 6.80. The van der Waals surface area contributed by atoms with Crippen LogP contribution in [0.25, 0.3) is 0 Å². The molecule has 0 aliphatic carbocycles. The van der Waals surface area contributed by atoms with Gasteiger partial charge in [0.25, 0.3) is 5.91 Å². The molecular formula is C25H36N6O3S. The van der Waals surface area contributed by atoms with Gasteiger partial charge in [-0.25, -0.2) is 0 Å². The number of piperazine rings is 1. The average Bonchev–Trinajstić information content (AvgIpc) is 3.11. The van der Waals surface area contributed by atoms with Crippen molar-refractivity contribution in [3.8, 4) is 0 Å². The Hall–Kier alpha value is -2.98. The summed E-state index contributed by atoms with van der Waals surface area (Å²) in [4.78, 5) is 28.5. The van der Waals surface area contributed by atoms with E-state index in [0.29, 0.717) is 54.7 Å². The normalized spacial score (nSPS) is 19.4. The van der Waals surface area contributed by atoms with Crippen molar-refractivity contribution in [1.29, 1.82) is 0 Å². The Morgan fingerprint density at radius 2 is 1.74 bits per heavy atom. The van der Waals surface area contributed by atoms with Gasteiger partial charge in [0.1, 0.15) is 6.04 Å². The number of aliphatic carboxylic acids is 1. The second-order valence-corrected chi connectivity index (χ2v) is 10.3. The summed E-state index contributed by atoms with van der Waals surface area (Å²) in [5.74, 6) is -0.986. The molecule has 3 rings (SSSR count). The average molecular weight is 501 g/mol. The highest BCUT2D eigenvalue weighted by Gasteiger charge is 2.31. The molecule has 1 fully saturated rings. The maximum atomic E-state index is 13.2. The number of rotatable bonds is 6. The van der Waals surface area contributed by atoms with E-state index in [9.17, 15) is 14.7 Å². The molecule has 0 aromatic heterocycles. The van der Waals surface area contributed by atoms with E-state index in [1.54, 1.807) is 0 Å². The van der Waals surface area contributed by atoms with Crippen LogP contribution in [0.3, 0.4) is 0 Å². The van der Waals surface area contributed by atoms with Gasteiger partial charge in [-0.1, -0.05) is 39.8 Å². The lowest BCUT2D eigenvalue weighted by molar-refractivity contribution is -0.144. The molecule has 2 heterocycles. The summed E-state index contributed by atoms with van der Waals surface area (Å²) < 4.78 is 0. The number of carboxylic acid groups (broad SMARTS) is 1. The maximum absolute atomic E-state index is 13.2. The molecule has 2 aliphatic heterocycles. The summed E-state index contributed by atoms with van der Waals surface area (Å²) in [5.41, 5.74) is 9.77. The fourth-order valence-electron chi connectivity index (χ4n) is 4.33. The number of thiocarbonyl (C=S) groups is 1. The van der Waals surface area contributed by atoms with Gasteiger partial charge in [0, 0.05) is 31.9 Å². The largest absolute Gasteiger partial charge is 0.480 e. The van der Waals surface area contributed by atoms with Crippen molar-refractivity contribution in [2.45, 2.75) is 59.4 Å². The van der Waals surface area contributed by atoms with Gasteiger partial charge in [-0.15, -0.1) is 0 Å². The highest BCUT2D eigenvalue weighted by Crippen LogP contribution is 2.28. The van der Waals surface area contributed by atoms with Crippen molar-refractivity contribution in [2.75, 3.05) is 31.2 Å². The molecule has 1 unspecified atom stereocenters. The molecule has 9 nitrogen and oxygen atoms in total. The van der Waals surface area contributed by atoms with Crippen LogP contribution in [0.1, 0.15) is 53.5 Å². The van der Waals surface area contributed by atoms with Crippen LogP contribution in [0.5, 0.6) is 0 Å². The van der Waals surface area contributed by atoms with Crippen LogP contribution in [0.4, 0.5) is 5.69 Å². The van der Waals surface area contributed by atoms with Crippen LogP contribution >= 0.6 is 12.2 Å². The first-order valence-electron chi connectivity index (χ1n) is 11.9. The first-order valence-corrected chi connectivity index (χ1v) is 12.3. The number of amides is 1. The van der Waals surface area contributed by atoms with E-state index in [2.05, 4.69) is 36.7 Å². The molecule has 10 heteroatoms. The van der Waals surface area contributed by atoms with E-state index in [4.69, 9.17) is 12.2 Å². The molecule has 0 spiro atoms. The Morgan fingerprint density at radius 3 is 2.26 bits per heavy atom. The van der Waals surface area contributed by atoms with Gasteiger partial charge >= 0.3 is 5.97 Å². The highest BCUT2D eigenvalue weighted by atomic mass is 32.1. The van der Waals surface area contributed by atoms with Gasteiger partial charge in [-0.05, 0) is 55.6 Å². The van der Waals surface area contributed by atoms with Gasteiger partial charge in [-0.2, -0.15) is 10.1 Å². The predicted molar refractivity (Wildman–Crippen MR) is 142 cm³/mol. The molecule has 3 N–H and O–H groups in total. The Labute approximate surface area is 212 Å². The summed E-state index contributed by atoms with van der Waals surface area (Å²) in [7, 11) is 0. The van der Waals surface area contributed by atoms with Crippen molar-refractivity contribution in [3.63, 3.8) is 0 Å². The number of nitrogens with one attached hydrogen (secondary N) is 2. The van der Waals surface area contributed by atoms with Gasteiger partial charge in [0.15, 0.2) is 5.11 Å². The minimum Gasteiger partial charge on any atom is -0.480 e. The first-order chi connectivity index (χ1) is 16.4. The number of carbonyl (C=O) groups is 2. The number of hydrazine groups is 1. The van der Waals surface area contributed by atoms with Gasteiger partial charge in [-0.3, -0.25) is 19.9 Å². The van der Waals surface area contributed by atoms with Crippen LogP contribution in [-0.4, -0.2) is 69.8 Å². The van der Waals surface area contributed by atoms with E-state index in [1.165, 1.54) is 10.6 Å². The lowest BCUT2D eigenvalue weighted by Gasteiger charge is -2.38. The smallest absolute Gasteiger partial charge is 0.320 e. The number of hydrogen-bond acceptors (Lipinski definition) is 6. The van der Waals surface area contributed by atoms with Crippen molar-refractivity contribution in [1.82, 2.24) is 20.7 Å². The van der Waals surface area contributed by atoms with Gasteiger partial charge in [0.2, 0.25) is 0 Å². The molecule has 1 aromatic rings. The predicted octanol–water partition coefficient (Wildman–Crippen LogP) is 2.84. The monoisotopic (exact) mass is 500 g/mol. The standard InChI is InChI=1S/C25H36N6O3S/c1-7-20(23(33)34)29-12-14-30(15-13-29)24(35)27-26-16(2)21-17(3)28-31(22(21)32)19-10-8-18(9-11-19)25(4,5)6/h8-11,20,26H,7,12-15H2,1-6H3,(H,27,35)(H,33,34)/b21-16-. The molecule has 1 atom stereocenters. The molecule has 1 saturated heterocycles. The minimum atomic E-state index is -0.789. The molecular weight excluding hydrogens is 464 g/mol. The van der Waals surface area contributed by atoms with Crippen LogP contribution in [0, 0.1) is 0 Å². The molecule has 0 bridgehead atoms. The van der Waals surface area contributed by atoms with Gasteiger partial charge < -0.3 is 15.4 Å². The van der Waals surface area contributed by atoms with E-state index in [1.807, 2.05) is 54.8 Å². The summed E-state index contributed by atoms with van der Waals surface area (Å²) in [5, 5.41) is 15.8. The topological polar surface area (TPSA) is 101 Å². The lowest BCUT2D eigenvalue weighted by Crippen LogP contribution is -2.57. The second-order valence-electron chi connectivity index (χ2n) is 9.94. The zero-order chi connectivity index (χ0) is 25.9. The van der Waals surface area contributed by atoms with Crippen LogP contribution in [0.15, 0.2) is 40.6 Å². The van der Waals surface area contributed by atoms with Gasteiger partial charge in [0.05, 0.1) is 17.0 Å². The Kier molecular flexibility index (Phi) is 8.17. The third-order valence-electron chi connectivity index (χ3n) is 6.44. The number of nitrogens with zero attached hydrogens (tertiary/aromatic N) is 4. The molecule has 0 saturated carbocycles. The number of allylic oxidation sites excluding steroid dienone is 1. The molecule has 35 heavy (non-hydrogen) atoms. The van der Waals surface area contributed by atoms with E-state index < -0.39 is 12.0 Å². The molecule has 1 amide bonds. The molecule has 0 radical (unpaired) electrons. The maximum Gasteiger partial charge on any atom is 0.320 e. The van der Waals surface area contributed by atoms with Crippen molar-refractivity contribution in [3.05, 3.63) is 41.1 Å². The van der Waals surface area contributed by atoms with E-state index in [0.717, 1.165) is 5.69 Å². The summed E-state index contributed by atoms with van der Waals surface area (Å²) in [6, 6.07) is 7.42. The second kappa shape index (κ2) is 10.7.